The fourth-order valence-electron chi connectivity index (χ4n) is 1.81. The van der Waals surface area contributed by atoms with Crippen molar-refractivity contribution in [2.24, 2.45) is 0 Å². The first-order valence-corrected chi connectivity index (χ1v) is 8.66. The molecule has 2 rings (SSSR count). The summed E-state index contributed by atoms with van der Waals surface area (Å²) in [4.78, 5) is 24.6. The molecule has 126 valence electrons. The van der Waals surface area contributed by atoms with Crippen molar-refractivity contribution < 1.29 is 14.3 Å². The molecular weight excluding hydrogens is 348 g/mol. The van der Waals surface area contributed by atoms with Crippen LogP contribution < -0.4 is 15.6 Å². The molecule has 2 aromatic carbocycles. The Labute approximate surface area is 149 Å². The number of amides is 2. The molecule has 0 aliphatic carbocycles. The molecule has 0 saturated carbocycles. The maximum absolute atomic E-state index is 12.0. The first kappa shape index (κ1) is 18.2. The molecule has 0 unspecified atom stereocenters. The summed E-state index contributed by atoms with van der Waals surface area (Å²) in [6.07, 6.45) is 0. The van der Waals surface area contributed by atoms with E-state index < -0.39 is 5.91 Å². The Morgan fingerprint density at radius 2 is 1.79 bits per heavy atom. The summed E-state index contributed by atoms with van der Waals surface area (Å²) in [5.41, 5.74) is 5.18. The summed E-state index contributed by atoms with van der Waals surface area (Å²) in [5, 5.41) is 0.591. The van der Waals surface area contributed by atoms with Crippen LogP contribution in [0.25, 0.3) is 0 Å². The van der Waals surface area contributed by atoms with Gasteiger partial charge in [0, 0.05) is 10.5 Å². The SMILES string of the molecule is CCOc1ccc(C(=O)NNC(=O)CSc2ccccc2Cl)cc1. The van der Waals surface area contributed by atoms with Crippen LogP contribution in [0.3, 0.4) is 0 Å². The Bertz CT molecular complexity index is 707. The Morgan fingerprint density at radius 1 is 1.08 bits per heavy atom. The molecule has 7 heteroatoms. The summed E-state index contributed by atoms with van der Waals surface area (Å²) < 4.78 is 5.31. The van der Waals surface area contributed by atoms with Crippen LogP contribution in [0.1, 0.15) is 17.3 Å². The van der Waals surface area contributed by atoms with E-state index in [1.165, 1.54) is 11.8 Å². The zero-order valence-electron chi connectivity index (χ0n) is 13.0. The third kappa shape index (κ3) is 5.47. The molecule has 24 heavy (non-hydrogen) atoms. The third-order valence-corrected chi connectivity index (χ3v) is 4.45. The fourth-order valence-corrected chi connectivity index (χ4v) is 2.85. The lowest BCUT2D eigenvalue weighted by Crippen LogP contribution is -2.42. The van der Waals surface area contributed by atoms with Crippen LogP contribution in [0.4, 0.5) is 0 Å². The van der Waals surface area contributed by atoms with Gasteiger partial charge in [-0.05, 0) is 43.3 Å². The molecule has 0 spiro atoms. The van der Waals surface area contributed by atoms with Gasteiger partial charge >= 0.3 is 0 Å². The monoisotopic (exact) mass is 364 g/mol. The number of carbonyl (C=O) groups excluding carboxylic acids is 2. The molecule has 0 radical (unpaired) electrons. The quantitative estimate of drug-likeness (QED) is 0.609. The number of carbonyl (C=O) groups is 2. The highest BCUT2D eigenvalue weighted by atomic mass is 35.5. The molecule has 5 nitrogen and oxygen atoms in total. The Morgan fingerprint density at radius 3 is 2.46 bits per heavy atom. The number of hydrogen-bond donors (Lipinski definition) is 2. The summed E-state index contributed by atoms with van der Waals surface area (Å²) in [6, 6.07) is 13.9. The van der Waals surface area contributed by atoms with E-state index in [2.05, 4.69) is 10.9 Å². The van der Waals surface area contributed by atoms with Crippen LogP contribution in [0.5, 0.6) is 5.75 Å². The molecule has 2 amide bonds. The third-order valence-electron chi connectivity index (χ3n) is 2.94. The van der Waals surface area contributed by atoms with Gasteiger partial charge in [-0.1, -0.05) is 23.7 Å². The van der Waals surface area contributed by atoms with Crippen LogP contribution in [0.2, 0.25) is 5.02 Å². The van der Waals surface area contributed by atoms with Gasteiger partial charge in [0.25, 0.3) is 5.91 Å². The normalized spacial score (nSPS) is 10.1. The molecule has 0 atom stereocenters. The van der Waals surface area contributed by atoms with E-state index in [9.17, 15) is 9.59 Å². The Hall–Kier alpha value is -2.18. The number of halogens is 1. The second kappa shape index (κ2) is 9.20. The predicted molar refractivity (Wildman–Crippen MR) is 95.4 cm³/mol. The van der Waals surface area contributed by atoms with Gasteiger partial charge in [0.05, 0.1) is 17.4 Å². The molecule has 0 aliphatic rings. The van der Waals surface area contributed by atoms with Crippen molar-refractivity contribution in [1.29, 1.82) is 0 Å². The van der Waals surface area contributed by atoms with E-state index in [4.69, 9.17) is 16.3 Å². The Balaban J connectivity index is 1.78. The molecule has 2 N–H and O–H groups in total. The van der Waals surface area contributed by atoms with Crippen LogP contribution in [-0.2, 0) is 4.79 Å². The lowest BCUT2D eigenvalue weighted by atomic mass is 10.2. The van der Waals surface area contributed by atoms with E-state index in [1.54, 1.807) is 30.3 Å². The highest BCUT2D eigenvalue weighted by Crippen LogP contribution is 2.26. The number of ether oxygens (including phenoxy) is 1. The van der Waals surface area contributed by atoms with Crippen molar-refractivity contribution in [2.45, 2.75) is 11.8 Å². The van der Waals surface area contributed by atoms with Crippen molar-refractivity contribution in [2.75, 3.05) is 12.4 Å². The second-order valence-corrected chi connectivity index (χ2v) is 6.10. The van der Waals surface area contributed by atoms with E-state index >= 15 is 0 Å². The molecule has 0 saturated heterocycles. The van der Waals surface area contributed by atoms with Crippen molar-refractivity contribution in [3.05, 3.63) is 59.1 Å². The standard InChI is InChI=1S/C17H17ClN2O3S/c1-2-23-13-9-7-12(8-10-13)17(22)20-19-16(21)11-24-15-6-4-3-5-14(15)18/h3-10H,2,11H2,1H3,(H,19,21)(H,20,22). The first-order chi connectivity index (χ1) is 11.6. The molecule has 0 aromatic heterocycles. The van der Waals surface area contributed by atoms with Crippen molar-refractivity contribution >= 4 is 35.2 Å². The van der Waals surface area contributed by atoms with Crippen LogP contribution in [0.15, 0.2) is 53.4 Å². The molecular formula is C17H17ClN2O3S. The predicted octanol–water partition coefficient (Wildman–Crippen LogP) is 3.29. The van der Waals surface area contributed by atoms with Crippen LogP contribution >= 0.6 is 23.4 Å². The molecule has 0 heterocycles. The fraction of sp³-hybridized carbons (Fsp3) is 0.176. The number of thioether (sulfide) groups is 1. The van der Waals surface area contributed by atoms with Crippen molar-refractivity contribution in [3.63, 3.8) is 0 Å². The van der Waals surface area contributed by atoms with Gasteiger partial charge in [-0.2, -0.15) is 0 Å². The van der Waals surface area contributed by atoms with Gasteiger partial charge in [0.15, 0.2) is 0 Å². The highest BCUT2D eigenvalue weighted by molar-refractivity contribution is 8.00. The van der Waals surface area contributed by atoms with Gasteiger partial charge in [-0.25, -0.2) is 0 Å². The maximum Gasteiger partial charge on any atom is 0.269 e. The highest BCUT2D eigenvalue weighted by Gasteiger charge is 2.09. The average Bonchev–Trinajstić information content (AvgIpc) is 2.60. The number of nitrogens with one attached hydrogen (secondary N) is 2. The van der Waals surface area contributed by atoms with Gasteiger partial charge < -0.3 is 4.74 Å². The zero-order valence-corrected chi connectivity index (χ0v) is 14.6. The molecule has 0 bridgehead atoms. The van der Waals surface area contributed by atoms with Gasteiger partial charge in [-0.15, -0.1) is 11.8 Å². The van der Waals surface area contributed by atoms with E-state index in [-0.39, 0.29) is 11.7 Å². The number of benzene rings is 2. The number of hydrogen-bond acceptors (Lipinski definition) is 4. The lowest BCUT2D eigenvalue weighted by Gasteiger charge is -2.08. The largest absolute Gasteiger partial charge is 0.494 e. The smallest absolute Gasteiger partial charge is 0.269 e. The summed E-state index contributed by atoms with van der Waals surface area (Å²) in [6.45, 7) is 2.45. The minimum Gasteiger partial charge on any atom is -0.494 e. The van der Waals surface area contributed by atoms with Gasteiger partial charge in [0.1, 0.15) is 5.75 Å². The van der Waals surface area contributed by atoms with Crippen molar-refractivity contribution in [1.82, 2.24) is 10.9 Å². The van der Waals surface area contributed by atoms with Gasteiger partial charge in [-0.3, -0.25) is 20.4 Å². The second-order valence-electron chi connectivity index (χ2n) is 4.68. The van der Waals surface area contributed by atoms with Gasteiger partial charge in [0.2, 0.25) is 5.91 Å². The maximum atomic E-state index is 12.0. The Kier molecular flexibility index (Phi) is 6.96. The molecule has 2 aromatic rings. The summed E-state index contributed by atoms with van der Waals surface area (Å²) in [5.74, 6) is 0.121. The van der Waals surface area contributed by atoms with E-state index in [0.717, 1.165) is 4.90 Å². The number of rotatable bonds is 6. The van der Waals surface area contributed by atoms with Crippen LogP contribution in [0, 0.1) is 0 Å². The topological polar surface area (TPSA) is 67.4 Å². The van der Waals surface area contributed by atoms with Crippen molar-refractivity contribution in [3.8, 4) is 5.75 Å². The summed E-state index contributed by atoms with van der Waals surface area (Å²) in [7, 11) is 0. The van der Waals surface area contributed by atoms with E-state index in [1.807, 2.05) is 25.1 Å². The summed E-state index contributed by atoms with van der Waals surface area (Å²) >= 11 is 7.32. The minimum atomic E-state index is -0.394. The lowest BCUT2D eigenvalue weighted by molar-refractivity contribution is -0.119. The van der Waals surface area contributed by atoms with Crippen LogP contribution in [-0.4, -0.2) is 24.2 Å². The minimum absolute atomic E-state index is 0.146. The number of hydrazine groups is 1. The zero-order chi connectivity index (χ0) is 17.4. The molecule has 0 aliphatic heterocycles. The average molecular weight is 365 g/mol. The van der Waals surface area contributed by atoms with E-state index in [0.29, 0.717) is 22.9 Å². The molecule has 0 fully saturated rings. The first-order valence-electron chi connectivity index (χ1n) is 7.29.